The van der Waals surface area contributed by atoms with Crippen molar-refractivity contribution in [2.75, 3.05) is 25.5 Å². The summed E-state index contributed by atoms with van der Waals surface area (Å²) in [6, 6.07) is 22.0. The maximum Gasteiger partial charge on any atom is 0.319 e. The van der Waals surface area contributed by atoms with Gasteiger partial charge in [-0.05, 0) is 104 Å². The van der Waals surface area contributed by atoms with Crippen molar-refractivity contribution in [3.63, 3.8) is 0 Å². The van der Waals surface area contributed by atoms with Gasteiger partial charge in [-0.25, -0.2) is 4.79 Å². The molecule has 9 nitrogen and oxygen atoms in total. The van der Waals surface area contributed by atoms with Gasteiger partial charge in [-0.15, -0.1) is 0 Å². The topological polar surface area (TPSA) is 124 Å². The molecule has 47 heavy (non-hydrogen) atoms. The molecule has 3 aromatic carbocycles. The smallest absolute Gasteiger partial charge is 0.319 e. The average molecular weight is 642 g/mol. The fraction of sp³-hybridized carbons (Fsp3) is 0.500. The van der Waals surface area contributed by atoms with E-state index in [1.807, 2.05) is 60.5 Å². The molecule has 0 radical (unpaired) electrons. The summed E-state index contributed by atoms with van der Waals surface area (Å²) in [5, 5.41) is 36.6. The van der Waals surface area contributed by atoms with Crippen LogP contribution in [0.15, 0.2) is 72.8 Å². The molecule has 4 saturated carbocycles. The number of nitrogens with zero attached hydrogens (tertiary/aromatic N) is 1. The third-order valence-electron chi connectivity index (χ3n) is 10.7. The number of carbonyl (C=O) groups is 1. The molecule has 5 fully saturated rings. The van der Waals surface area contributed by atoms with Gasteiger partial charge in [-0.3, -0.25) is 0 Å². The molecule has 8 rings (SSSR count). The van der Waals surface area contributed by atoms with Crippen molar-refractivity contribution < 1.29 is 29.6 Å². The molecule has 1 saturated heterocycles. The van der Waals surface area contributed by atoms with Crippen LogP contribution in [0, 0.1) is 17.8 Å². The number of anilines is 1. The van der Waals surface area contributed by atoms with Crippen LogP contribution in [0.1, 0.15) is 85.7 Å². The summed E-state index contributed by atoms with van der Waals surface area (Å²) in [6.07, 6.45) is 6.13. The van der Waals surface area contributed by atoms with E-state index in [1.165, 1.54) is 19.3 Å². The van der Waals surface area contributed by atoms with E-state index in [1.54, 1.807) is 24.3 Å². The van der Waals surface area contributed by atoms with E-state index in [4.69, 9.17) is 9.47 Å². The summed E-state index contributed by atoms with van der Waals surface area (Å²) in [7, 11) is 1.94. The highest BCUT2D eigenvalue weighted by molar-refractivity contribution is 5.89. The number of phenols is 1. The van der Waals surface area contributed by atoms with Gasteiger partial charge in [0.25, 0.3) is 0 Å². The van der Waals surface area contributed by atoms with Gasteiger partial charge in [0.05, 0.1) is 24.9 Å². The second-order valence-corrected chi connectivity index (χ2v) is 14.6. The van der Waals surface area contributed by atoms with E-state index in [-0.39, 0.29) is 36.1 Å². The van der Waals surface area contributed by atoms with Gasteiger partial charge >= 0.3 is 6.03 Å². The molecular formula is C38H47N3O6. The van der Waals surface area contributed by atoms with Crippen molar-refractivity contribution in [2.45, 2.75) is 81.7 Å². The van der Waals surface area contributed by atoms with Gasteiger partial charge < -0.3 is 40.3 Å². The Hall–Kier alpha value is -3.47. The molecule has 0 aromatic heterocycles. The van der Waals surface area contributed by atoms with Crippen molar-refractivity contribution in [3.05, 3.63) is 95.1 Å². The summed E-state index contributed by atoms with van der Waals surface area (Å²) in [4.78, 5) is 15.2. The maximum atomic E-state index is 13.1. The Kier molecular flexibility index (Phi) is 9.26. The SMILES string of the molecule is CN(C[C@H]1C[C@@H](c2ccc(CO)cc2)O[C@@H](c2ccc(NC(=O)NC34CC5CC(CC(C5)C3)C4)cc2)O1)C[C@@H](O)c1cccc(O)c1. The first-order valence-corrected chi connectivity index (χ1v) is 17.1. The van der Waals surface area contributed by atoms with Gasteiger partial charge in [0.1, 0.15) is 5.75 Å². The largest absolute Gasteiger partial charge is 0.508 e. The Bertz CT molecular complexity index is 1490. The normalized spacial score (nSPS) is 30.3. The summed E-state index contributed by atoms with van der Waals surface area (Å²) >= 11 is 0. The predicted molar refractivity (Wildman–Crippen MR) is 178 cm³/mol. The lowest BCUT2D eigenvalue weighted by molar-refractivity contribution is -0.252. The quantitative estimate of drug-likeness (QED) is 0.179. The van der Waals surface area contributed by atoms with Gasteiger partial charge in [-0.1, -0.05) is 48.5 Å². The lowest BCUT2D eigenvalue weighted by atomic mass is 9.53. The fourth-order valence-electron chi connectivity index (χ4n) is 8.98. The number of phenolic OH excluding ortho intramolecular Hbond substituents is 1. The highest BCUT2D eigenvalue weighted by Gasteiger charge is 2.51. The van der Waals surface area contributed by atoms with E-state index in [9.17, 15) is 20.1 Å². The van der Waals surface area contributed by atoms with Gasteiger partial charge in [0.15, 0.2) is 6.29 Å². The van der Waals surface area contributed by atoms with Crippen LogP contribution in [0.2, 0.25) is 0 Å². The standard InChI is InChI=1S/C38H47N3O6/c1-41(22-34(44)30-3-2-4-32(43)16-30)21-33-17-35(28-7-5-24(23-42)6-8-28)47-36(46-33)29-9-11-31(12-10-29)39-37(45)40-38-18-25-13-26(19-38)15-27(14-25)20-38/h2-12,16,25-27,33-36,42-44H,13-15,17-23H2,1H3,(H2,39,40,45)/t25?,26?,27?,33-,34-,35+,36+,38?/m1/s1. The summed E-state index contributed by atoms with van der Waals surface area (Å²) in [5.41, 5.74) is 4.02. The third kappa shape index (κ3) is 7.50. The van der Waals surface area contributed by atoms with Crippen molar-refractivity contribution in [1.29, 1.82) is 0 Å². The number of aliphatic hydroxyl groups is 2. The van der Waals surface area contributed by atoms with E-state index in [2.05, 4.69) is 10.6 Å². The molecule has 250 valence electrons. The molecule has 0 unspecified atom stereocenters. The number of carbonyl (C=O) groups excluding carboxylic acids is 1. The van der Waals surface area contributed by atoms with Crippen molar-refractivity contribution in [3.8, 4) is 5.75 Å². The highest BCUT2D eigenvalue weighted by Crippen LogP contribution is 2.55. The second kappa shape index (κ2) is 13.6. The first kappa shape index (κ1) is 32.1. The number of likely N-dealkylation sites (N-methyl/N-ethyl adjacent to an activating group) is 1. The van der Waals surface area contributed by atoms with E-state index >= 15 is 0 Å². The number of urea groups is 1. The van der Waals surface area contributed by atoms with Crippen LogP contribution in [-0.2, 0) is 16.1 Å². The summed E-state index contributed by atoms with van der Waals surface area (Å²) in [6.45, 7) is 0.912. The molecule has 0 spiro atoms. The minimum absolute atomic E-state index is 0.0204. The first-order chi connectivity index (χ1) is 22.7. The number of benzene rings is 3. The average Bonchev–Trinajstić information content (AvgIpc) is 3.04. The second-order valence-electron chi connectivity index (χ2n) is 14.6. The lowest BCUT2D eigenvalue weighted by Crippen LogP contribution is -2.60. The lowest BCUT2D eigenvalue weighted by Gasteiger charge is -2.56. The molecule has 5 N–H and O–H groups in total. The fourth-order valence-corrected chi connectivity index (χ4v) is 8.98. The summed E-state index contributed by atoms with van der Waals surface area (Å²) in [5.74, 6) is 2.42. The number of ether oxygens (including phenoxy) is 2. The minimum Gasteiger partial charge on any atom is -0.508 e. The molecule has 3 aromatic rings. The molecule has 4 atom stereocenters. The molecule has 1 heterocycles. The molecule has 1 aliphatic heterocycles. The van der Waals surface area contributed by atoms with Crippen LogP contribution in [0.4, 0.5) is 10.5 Å². The highest BCUT2D eigenvalue weighted by atomic mass is 16.7. The Morgan fingerprint density at radius 1 is 0.915 bits per heavy atom. The Morgan fingerprint density at radius 3 is 2.21 bits per heavy atom. The number of amides is 2. The molecule has 5 aliphatic rings. The van der Waals surface area contributed by atoms with E-state index in [0.29, 0.717) is 25.1 Å². The minimum atomic E-state index is -0.759. The van der Waals surface area contributed by atoms with Crippen LogP contribution in [-0.4, -0.2) is 58.0 Å². The van der Waals surface area contributed by atoms with E-state index < -0.39 is 12.4 Å². The number of aliphatic hydroxyl groups excluding tert-OH is 2. The van der Waals surface area contributed by atoms with Crippen molar-refractivity contribution >= 4 is 11.7 Å². The van der Waals surface area contributed by atoms with Crippen LogP contribution in [0.5, 0.6) is 5.75 Å². The van der Waals surface area contributed by atoms with Gasteiger partial charge in [-0.2, -0.15) is 0 Å². The summed E-state index contributed by atoms with van der Waals surface area (Å²) < 4.78 is 13.0. The molecule has 4 aliphatic carbocycles. The Labute approximate surface area is 276 Å². The number of hydrogen-bond donors (Lipinski definition) is 5. The van der Waals surface area contributed by atoms with Crippen LogP contribution in [0.25, 0.3) is 0 Å². The Balaban J connectivity index is 1.01. The van der Waals surface area contributed by atoms with Crippen LogP contribution in [0.3, 0.4) is 0 Å². The zero-order valence-electron chi connectivity index (χ0n) is 27.1. The first-order valence-electron chi connectivity index (χ1n) is 17.1. The predicted octanol–water partition coefficient (Wildman–Crippen LogP) is 6.19. The molecule has 2 amide bonds. The van der Waals surface area contributed by atoms with Crippen LogP contribution < -0.4 is 10.6 Å². The third-order valence-corrected chi connectivity index (χ3v) is 10.7. The molecule has 9 heteroatoms. The van der Waals surface area contributed by atoms with E-state index in [0.717, 1.165) is 59.4 Å². The number of nitrogens with one attached hydrogen (secondary N) is 2. The monoisotopic (exact) mass is 641 g/mol. The molecular weight excluding hydrogens is 594 g/mol. The number of rotatable bonds is 10. The Morgan fingerprint density at radius 2 is 1.57 bits per heavy atom. The van der Waals surface area contributed by atoms with Crippen molar-refractivity contribution in [1.82, 2.24) is 10.2 Å². The zero-order valence-corrected chi connectivity index (χ0v) is 27.1. The zero-order chi connectivity index (χ0) is 32.5. The van der Waals surface area contributed by atoms with Gasteiger partial charge in [0.2, 0.25) is 0 Å². The van der Waals surface area contributed by atoms with Crippen molar-refractivity contribution in [2.24, 2.45) is 17.8 Å². The molecule has 4 bridgehead atoms. The maximum absolute atomic E-state index is 13.1. The number of aromatic hydroxyl groups is 1. The van der Waals surface area contributed by atoms with Gasteiger partial charge in [0, 0.05) is 36.3 Å². The van der Waals surface area contributed by atoms with Crippen LogP contribution >= 0.6 is 0 Å². The number of hydrogen-bond acceptors (Lipinski definition) is 7.